The quantitative estimate of drug-likeness (QED) is 0.264. The number of pyridine rings is 1. The summed E-state index contributed by atoms with van der Waals surface area (Å²) in [6.07, 6.45) is 2.68. The van der Waals surface area contributed by atoms with Crippen molar-refractivity contribution in [2.24, 2.45) is 0 Å². The Morgan fingerprint density at radius 3 is 2.77 bits per heavy atom. The summed E-state index contributed by atoms with van der Waals surface area (Å²) in [5, 5.41) is 11.1. The molecule has 0 unspecified atom stereocenters. The second-order valence-electron chi connectivity index (χ2n) is 10.2. The topological polar surface area (TPSA) is 146 Å². The summed E-state index contributed by atoms with van der Waals surface area (Å²) in [6, 6.07) is 19.3. The standard InChI is InChI=1S/C32H29N7O4/c1-20(36-31(41)28-29(33)37-26-15-7-17-35-39(26)28)24-19-22-10-5-9-21(11-6-16-34-30(40)25-14-8-18-43-25)27(22)32(42)38(24)23-12-3-2-4-13-23/h2-5,7,9-10,12-13,15,17,19-20,25H,8,14,16,18,33H2,1H3,(H,34,40)(H,36,41)/t20-,25-/m1/s1. The minimum atomic E-state index is -0.610. The number of nitrogens with two attached hydrogens (primary N) is 1. The Kier molecular flexibility index (Phi) is 7.59. The number of hydrogen-bond acceptors (Lipinski definition) is 7. The smallest absolute Gasteiger partial charge is 0.274 e. The molecule has 4 heterocycles. The van der Waals surface area contributed by atoms with Crippen molar-refractivity contribution >= 4 is 34.1 Å². The lowest BCUT2D eigenvalue weighted by Crippen LogP contribution is -2.34. The van der Waals surface area contributed by atoms with Gasteiger partial charge in [0, 0.05) is 29.7 Å². The van der Waals surface area contributed by atoms with Crippen molar-refractivity contribution < 1.29 is 14.3 Å². The zero-order chi connectivity index (χ0) is 29.9. The number of ether oxygens (including phenoxy) is 1. The SMILES string of the molecule is C[C@@H](NC(=O)c1c(N)nc2cccnn12)c1cc2cccc(C#CCNC(=O)[C@H]3CCCO3)c2c(=O)n1-c1ccccc1. The minimum absolute atomic E-state index is 0.0533. The number of carbonyl (C=O) groups excluding carboxylic acids is 2. The van der Waals surface area contributed by atoms with E-state index in [1.54, 1.807) is 35.9 Å². The molecule has 1 saturated heterocycles. The van der Waals surface area contributed by atoms with Crippen LogP contribution in [0.25, 0.3) is 22.1 Å². The Labute approximate surface area is 246 Å². The van der Waals surface area contributed by atoms with E-state index in [4.69, 9.17) is 10.5 Å². The van der Waals surface area contributed by atoms with Crippen LogP contribution in [-0.4, -0.2) is 50.2 Å². The fraction of sp³-hybridized carbons (Fsp3) is 0.219. The first-order valence-corrected chi connectivity index (χ1v) is 13.9. The number of aromatic nitrogens is 4. The summed E-state index contributed by atoms with van der Waals surface area (Å²) in [6.45, 7) is 2.51. The number of para-hydroxylation sites is 1. The van der Waals surface area contributed by atoms with Crippen LogP contribution in [0.15, 0.2) is 77.7 Å². The lowest BCUT2D eigenvalue weighted by atomic mass is 10.0. The first kappa shape index (κ1) is 27.7. The van der Waals surface area contributed by atoms with E-state index in [1.807, 2.05) is 48.5 Å². The van der Waals surface area contributed by atoms with Gasteiger partial charge in [-0.25, -0.2) is 9.50 Å². The fourth-order valence-corrected chi connectivity index (χ4v) is 5.27. The molecule has 5 aromatic rings. The van der Waals surface area contributed by atoms with Crippen molar-refractivity contribution in [3.05, 3.63) is 100 Å². The van der Waals surface area contributed by atoms with Gasteiger partial charge in [-0.15, -0.1) is 0 Å². The van der Waals surface area contributed by atoms with E-state index in [0.29, 0.717) is 46.4 Å². The molecule has 0 bridgehead atoms. The van der Waals surface area contributed by atoms with Gasteiger partial charge in [-0.2, -0.15) is 5.10 Å². The van der Waals surface area contributed by atoms with E-state index in [9.17, 15) is 14.4 Å². The van der Waals surface area contributed by atoms with Crippen LogP contribution < -0.4 is 21.9 Å². The molecule has 2 amide bonds. The lowest BCUT2D eigenvalue weighted by molar-refractivity contribution is -0.129. The van der Waals surface area contributed by atoms with Gasteiger partial charge in [-0.3, -0.25) is 19.0 Å². The maximum Gasteiger partial charge on any atom is 0.274 e. The predicted octanol–water partition coefficient (Wildman–Crippen LogP) is 2.75. The van der Waals surface area contributed by atoms with Gasteiger partial charge in [0.05, 0.1) is 18.0 Å². The van der Waals surface area contributed by atoms with Gasteiger partial charge in [-0.1, -0.05) is 42.2 Å². The normalized spacial score (nSPS) is 15.1. The van der Waals surface area contributed by atoms with Crippen molar-refractivity contribution in [3.63, 3.8) is 0 Å². The average Bonchev–Trinajstić information content (AvgIpc) is 3.67. The Morgan fingerprint density at radius 2 is 1.98 bits per heavy atom. The Bertz CT molecular complexity index is 1960. The maximum absolute atomic E-state index is 14.2. The molecule has 0 radical (unpaired) electrons. The van der Waals surface area contributed by atoms with Gasteiger partial charge >= 0.3 is 0 Å². The van der Waals surface area contributed by atoms with Gasteiger partial charge in [0.15, 0.2) is 17.2 Å². The summed E-state index contributed by atoms with van der Waals surface area (Å²) in [7, 11) is 0. The second-order valence-corrected chi connectivity index (χ2v) is 10.2. The van der Waals surface area contributed by atoms with Crippen LogP contribution in [-0.2, 0) is 9.53 Å². The molecule has 11 nitrogen and oxygen atoms in total. The zero-order valence-corrected chi connectivity index (χ0v) is 23.4. The van der Waals surface area contributed by atoms with Crippen LogP contribution in [0.1, 0.15) is 47.6 Å². The zero-order valence-electron chi connectivity index (χ0n) is 23.4. The van der Waals surface area contributed by atoms with Crippen LogP contribution >= 0.6 is 0 Å². The molecular formula is C32H29N7O4. The van der Waals surface area contributed by atoms with E-state index in [-0.39, 0.29) is 29.5 Å². The number of hydrogen-bond donors (Lipinski definition) is 3. The third-order valence-corrected chi connectivity index (χ3v) is 7.31. The monoisotopic (exact) mass is 575 g/mol. The minimum Gasteiger partial charge on any atom is -0.382 e. The highest BCUT2D eigenvalue weighted by Gasteiger charge is 2.24. The molecule has 2 aromatic carbocycles. The highest BCUT2D eigenvalue weighted by atomic mass is 16.5. The van der Waals surface area contributed by atoms with Gasteiger partial charge in [-0.05, 0) is 61.5 Å². The molecule has 1 aliphatic heterocycles. The van der Waals surface area contributed by atoms with E-state index in [2.05, 4.69) is 32.6 Å². The van der Waals surface area contributed by atoms with Crippen molar-refractivity contribution in [2.75, 3.05) is 18.9 Å². The van der Waals surface area contributed by atoms with Crippen LogP contribution in [0, 0.1) is 11.8 Å². The van der Waals surface area contributed by atoms with Crippen molar-refractivity contribution in [3.8, 4) is 17.5 Å². The summed E-state index contributed by atoms with van der Waals surface area (Å²) < 4.78 is 8.38. The molecule has 6 rings (SSSR count). The number of rotatable bonds is 6. The number of benzene rings is 2. The molecule has 2 atom stereocenters. The number of nitrogens with zero attached hydrogens (tertiary/aromatic N) is 4. The van der Waals surface area contributed by atoms with Crippen LogP contribution in [0.2, 0.25) is 0 Å². The summed E-state index contributed by atoms with van der Waals surface area (Å²) in [5.74, 6) is 5.41. The maximum atomic E-state index is 14.2. The molecule has 216 valence electrons. The fourth-order valence-electron chi connectivity index (χ4n) is 5.27. The molecule has 0 saturated carbocycles. The largest absolute Gasteiger partial charge is 0.382 e. The molecular weight excluding hydrogens is 546 g/mol. The molecule has 3 aromatic heterocycles. The van der Waals surface area contributed by atoms with Crippen LogP contribution in [0.4, 0.5) is 5.82 Å². The Morgan fingerprint density at radius 1 is 1.14 bits per heavy atom. The first-order valence-electron chi connectivity index (χ1n) is 13.9. The van der Waals surface area contributed by atoms with Crippen molar-refractivity contribution in [2.45, 2.75) is 31.9 Å². The van der Waals surface area contributed by atoms with Crippen molar-refractivity contribution in [1.29, 1.82) is 0 Å². The molecule has 0 spiro atoms. The summed E-state index contributed by atoms with van der Waals surface area (Å²) in [5.41, 5.74) is 8.07. The molecule has 4 N–H and O–H groups in total. The van der Waals surface area contributed by atoms with E-state index >= 15 is 0 Å². The molecule has 1 fully saturated rings. The van der Waals surface area contributed by atoms with Gasteiger partial charge in [0.2, 0.25) is 5.91 Å². The highest BCUT2D eigenvalue weighted by Crippen LogP contribution is 2.24. The van der Waals surface area contributed by atoms with Crippen LogP contribution in [0.3, 0.4) is 0 Å². The third-order valence-electron chi connectivity index (χ3n) is 7.31. The highest BCUT2D eigenvalue weighted by molar-refractivity contribution is 5.98. The lowest BCUT2D eigenvalue weighted by Gasteiger charge is -2.21. The second kappa shape index (κ2) is 11.8. The Hall–Kier alpha value is -5.47. The van der Waals surface area contributed by atoms with Gasteiger partial charge in [0.25, 0.3) is 11.5 Å². The molecule has 43 heavy (non-hydrogen) atoms. The summed E-state index contributed by atoms with van der Waals surface area (Å²) in [4.78, 5) is 44.1. The molecule has 0 aliphatic carbocycles. The number of anilines is 1. The summed E-state index contributed by atoms with van der Waals surface area (Å²) >= 11 is 0. The van der Waals surface area contributed by atoms with E-state index in [1.165, 1.54) is 4.52 Å². The van der Waals surface area contributed by atoms with Gasteiger partial charge in [0.1, 0.15) is 6.10 Å². The predicted molar refractivity (Wildman–Crippen MR) is 162 cm³/mol. The van der Waals surface area contributed by atoms with Crippen LogP contribution in [0.5, 0.6) is 0 Å². The Balaban J connectivity index is 1.36. The third kappa shape index (κ3) is 5.43. The van der Waals surface area contributed by atoms with Gasteiger partial charge < -0.3 is 21.1 Å². The van der Waals surface area contributed by atoms with E-state index < -0.39 is 18.1 Å². The number of carbonyl (C=O) groups is 2. The number of nitrogens with one attached hydrogen (secondary N) is 2. The number of nitrogen functional groups attached to an aromatic ring is 1. The number of imidazole rings is 1. The van der Waals surface area contributed by atoms with Crippen molar-refractivity contribution in [1.82, 2.24) is 29.8 Å². The molecule has 11 heteroatoms. The number of amides is 2. The first-order chi connectivity index (χ1) is 20.9. The number of fused-ring (bicyclic) bond motifs is 2. The molecule has 1 aliphatic rings. The average molecular weight is 576 g/mol. The van der Waals surface area contributed by atoms with E-state index in [0.717, 1.165) is 6.42 Å².